The average molecular weight is 433 g/mol. The highest BCUT2D eigenvalue weighted by molar-refractivity contribution is 9.10. The molecule has 0 heterocycles. The van der Waals surface area contributed by atoms with Gasteiger partial charge in [-0.05, 0) is 42.0 Å². The normalized spacial score (nSPS) is 11.2. The van der Waals surface area contributed by atoms with Gasteiger partial charge in [-0.3, -0.25) is 4.79 Å². The lowest BCUT2D eigenvalue weighted by Gasteiger charge is -2.07. The van der Waals surface area contributed by atoms with Crippen LogP contribution in [0.2, 0.25) is 5.02 Å². The van der Waals surface area contributed by atoms with Crippen LogP contribution in [0.3, 0.4) is 0 Å². The Labute approximate surface area is 154 Å². The van der Waals surface area contributed by atoms with Crippen LogP contribution in [0.4, 0.5) is 0 Å². The second kappa shape index (κ2) is 8.62. The van der Waals surface area contributed by atoms with E-state index in [1.165, 1.54) is 24.3 Å². The van der Waals surface area contributed by atoms with Crippen LogP contribution in [0.25, 0.3) is 0 Å². The smallest absolute Gasteiger partial charge is 0.307 e. The van der Waals surface area contributed by atoms with Crippen LogP contribution in [-0.4, -0.2) is 20.9 Å². The molecule has 0 aromatic heterocycles. The highest BCUT2D eigenvalue weighted by atomic mass is 79.9. The van der Waals surface area contributed by atoms with Gasteiger partial charge in [-0.15, -0.1) is 0 Å². The van der Waals surface area contributed by atoms with Crippen molar-refractivity contribution in [3.63, 3.8) is 0 Å². The zero-order chi connectivity index (χ0) is 17.6. The van der Waals surface area contributed by atoms with E-state index in [9.17, 15) is 13.2 Å². The van der Waals surface area contributed by atoms with Gasteiger partial charge in [0.1, 0.15) is 6.61 Å². The first-order valence-corrected chi connectivity index (χ1v) is 9.67. The average Bonchev–Trinajstić information content (AvgIpc) is 2.54. The van der Waals surface area contributed by atoms with E-state index in [0.717, 1.165) is 10.0 Å². The molecular formula is C16H15BrClNO4S. The Kier molecular flexibility index (Phi) is 6.79. The molecule has 24 heavy (non-hydrogen) atoms. The molecule has 0 fully saturated rings. The number of carbonyl (C=O) groups excluding carboxylic acids is 1. The number of halogens is 2. The predicted molar refractivity (Wildman–Crippen MR) is 95.2 cm³/mol. The van der Waals surface area contributed by atoms with Gasteiger partial charge in [-0.2, -0.15) is 0 Å². The van der Waals surface area contributed by atoms with Gasteiger partial charge in [0.25, 0.3) is 0 Å². The molecule has 0 bridgehead atoms. The van der Waals surface area contributed by atoms with Gasteiger partial charge < -0.3 is 4.74 Å². The lowest BCUT2D eigenvalue weighted by Crippen LogP contribution is -2.26. The maximum absolute atomic E-state index is 12.0. The predicted octanol–water partition coefficient (Wildman–Crippen LogP) is 3.51. The zero-order valence-electron chi connectivity index (χ0n) is 12.5. The third-order valence-corrected chi connectivity index (χ3v) is 5.32. The Morgan fingerprint density at radius 1 is 1.08 bits per heavy atom. The topological polar surface area (TPSA) is 72.5 Å². The molecule has 2 rings (SSSR count). The van der Waals surface area contributed by atoms with Crippen LogP contribution in [0.5, 0.6) is 0 Å². The lowest BCUT2D eigenvalue weighted by molar-refractivity contribution is -0.144. The third-order valence-electron chi connectivity index (χ3n) is 3.06. The van der Waals surface area contributed by atoms with Gasteiger partial charge in [0.2, 0.25) is 10.0 Å². The molecule has 0 amide bonds. The minimum absolute atomic E-state index is 0.0376. The minimum atomic E-state index is -3.67. The second-order valence-corrected chi connectivity index (χ2v) is 8.01. The Hall–Kier alpha value is -1.41. The Morgan fingerprint density at radius 2 is 1.71 bits per heavy atom. The van der Waals surface area contributed by atoms with Crippen molar-refractivity contribution in [3.8, 4) is 0 Å². The molecule has 0 aliphatic heterocycles. The Morgan fingerprint density at radius 3 is 2.33 bits per heavy atom. The fourth-order valence-corrected chi connectivity index (χ4v) is 3.22. The van der Waals surface area contributed by atoms with Crippen molar-refractivity contribution in [1.29, 1.82) is 0 Å². The number of esters is 1. The van der Waals surface area contributed by atoms with Gasteiger partial charge in [0.05, 0.1) is 11.3 Å². The summed E-state index contributed by atoms with van der Waals surface area (Å²) in [5.41, 5.74) is 0.855. The summed E-state index contributed by atoms with van der Waals surface area (Å²) in [7, 11) is -3.67. The highest BCUT2D eigenvalue weighted by Gasteiger charge is 2.14. The summed E-state index contributed by atoms with van der Waals surface area (Å²) in [5.74, 6) is -0.475. The van der Waals surface area contributed by atoms with Gasteiger partial charge in [-0.25, -0.2) is 13.1 Å². The summed E-state index contributed by atoms with van der Waals surface area (Å²) in [6, 6.07) is 13.1. The molecule has 0 unspecified atom stereocenters. The van der Waals surface area contributed by atoms with Crippen molar-refractivity contribution in [2.24, 2.45) is 0 Å². The van der Waals surface area contributed by atoms with Crippen LogP contribution >= 0.6 is 27.5 Å². The van der Waals surface area contributed by atoms with E-state index in [0.29, 0.717) is 5.02 Å². The molecule has 8 heteroatoms. The standard InChI is InChI=1S/C16H15BrClNO4S/c17-13-3-1-12(2-4-13)11-23-16(20)9-10-19-24(21,22)15-7-5-14(18)6-8-15/h1-8,19H,9-11H2. The summed E-state index contributed by atoms with van der Waals surface area (Å²) in [6.07, 6.45) is -0.0522. The number of ether oxygens (including phenoxy) is 1. The van der Waals surface area contributed by atoms with Crippen LogP contribution in [-0.2, 0) is 26.2 Å². The zero-order valence-corrected chi connectivity index (χ0v) is 15.7. The second-order valence-electron chi connectivity index (χ2n) is 4.89. The van der Waals surface area contributed by atoms with Crippen molar-refractivity contribution in [2.45, 2.75) is 17.9 Å². The van der Waals surface area contributed by atoms with Crippen molar-refractivity contribution >= 4 is 43.5 Å². The maximum atomic E-state index is 12.0. The highest BCUT2D eigenvalue weighted by Crippen LogP contribution is 2.14. The van der Waals surface area contributed by atoms with Gasteiger partial charge in [0, 0.05) is 16.0 Å². The molecule has 128 valence electrons. The lowest BCUT2D eigenvalue weighted by atomic mass is 10.2. The number of rotatable bonds is 7. The summed E-state index contributed by atoms with van der Waals surface area (Å²) in [4.78, 5) is 11.8. The maximum Gasteiger partial charge on any atom is 0.307 e. The van der Waals surface area contributed by atoms with E-state index >= 15 is 0 Å². The molecular weight excluding hydrogens is 418 g/mol. The molecule has 0 aliphatic rings. The van der Waals surface area contributed by atoms with E-state index in [1.54, 1.807) is 0 Å². The van der Waals surface area contributed by atoms with Crippen molar-refractivity contribution in [1.82, 2.24) is 4.72 Å². The molecule has 5 nitrogen and oxygen atoms in total. The van der Waals surface area contributed by atoms with E-state index in [2.05, 4.69) is 20.7 Å². The first-order valence-electron chi connectivity index (χ1n) is 7.02. The monoisotopic (exact) mass is 431 g/mol. The van der Waals surface area contributed by atoms with Gasteiger partial charge >= 0.3 is 5.97 Å². The van der Waals surface area contributed by atoms with Crippen LogP contribution in [0.15, 0.2) is 57.9 Å². The van der Waals surface area contributed by atoms with Gasteiger partial charge in [-0.1, -0.05) is 39.7 Å². The van der Waals surface area contributed by atoms with Crippen molar-refractivity contribution < 1.29 is 17.9 Å². The molecule has 1 N–H and O–H groups in total. The first-order chi connectivity index (χ1) is 11.4. The molecule has 0 saturated heterocycles. The van der Waals surface area contributed by atoms with Gasteiger partial charge in [0.15, 0.2) is 0 Å². The Bertz CT molecular complexity index is 792. The van der Waals surface area contributed by atoms with Crippen molar-refractivity contribution in [3.05, 3.63) is 63.6 Å². The van der Waals surface area contributed by atoms with E-state index in [1.807, 2.05) is 24.3 Å². The van der Waals surface area contributed by atoms with E-state index in [-0.39, 0.29) is 24.5 Å². The first kappa shape index (κ1) is 18.9. The van der Waals surface area contributed by atoms with Crippen LogP contribution < -0.4 is 4.72 Å². The molecule has 0 atom stereocenters. The molecule has 0 aliphatic carbocycles. The number of nitrogens with one attached hydrogen (secondary N) is 1. The minimum Gasteiger partial charge on any atom is -0.461 e. The number of sulfonamides is 1. The third kappa shape index (κ3) is 5.90. The van der Waals surface area contributed by atoms with Crippen molar-refractivity contribution in [2.75, 3.05) is 6.54 Å². The fraction of sp³-hybridized carbons (Fsp3) is 0.188. The number of benzene rings is 2. The largest absolute Gasteiger partial charge is 0.461 e. The quantitative estimate of drug-likeness (QED) is 0.680. The summed E-state index contributed by atoms with van der Waals surface area (Å²) in [5, 5.41) is 0.450. The SMILES string of the molecule is O=C(CCNS(=O)(=O)c1ccc(Cl)cc1)OCc1ccc(Br)cc1. The van der Waals surface area contributed by atoms with Crippen LogP contribution in [0.1, 0.15) is 12.0 Å². The molecule has 2 aromatic rings. The Balaban J connectivity index is 1.77. The van der Waals surface area contributed by atoms with E-state index < -0.39 is 16.0 Å². The summed E-state index contributed by atoms with van der Waals surface area (Å²) >= 11 is 9.04. The molecule has 0 spiro atoms. The van der Waals surface area contributed by atoms with Crippen LogP contribution in [0, 0.1) is 0 Å². The molecule has 0 radical (unpaired) electrons. The fourth-order valence-electron chi connectivity index (χ4n) is 1.80. The molecule has 2 aromatic carbocycles. The number of hydrogen-bond donors (Lipinski definition) is 1. The molecule has 0 saturated carbocycles. The summed E-state index contributed by atoms with van der Waals surface area (Å²) < 4.78 is 32.4. The summed E-state index contributed by atoms with van der Waals surface area (Å²) in [6.45, 7) is 0.111. The number of hydrogen-bond acceptors (Lipinski definition) is 4. The van der Waals surface area contributed by atoms with E-state index in [4.69, 9.17) is 16.3 Å². The number of carbonyl (C=O) groups is 1.